The predicted molar refractivity (Wildman–Crippen MR) is 99.9 cm³/mol. The van der Waals surface area contributed by atoms with Gasteiger partial charge >= 0.3 is 6.03 Å². The molecule has 1 atom stereocenters. The Balaban J connectivity index is 1.63. The third-order valence-corrected chi connectivity index (χ3v) is 5.00. The van der Waals surface area contributed by atoms with Crippen LogP contribution in [0.4, 0.5) is 10.5 Å². The van der Waals surface area contributed by atoms with Crippen LogP contribution in [0.15, 0.2) is 30.5 Å². The number of halogens is 1. The Bertz CT molecular complexity index is 772. The molecule has 7 nitrogen and oxygen atoms in total. The number of urea groups is 1. The first kappa shape index (κ1) is 18.7. The topological polar surface area (TPSA) is 88.4 Å². The molecule has 26 heavy (non-hydrogen) atoms. The molecule has 8 heteroatoms. The molecular formula is C18H23ClN4O3. The van der Waals surface area contributed by atoms with Gasteiger partial charge in [-0.3, -0.25) is 0 Å². The van der Waals surface area contributed by atoms with Crippen molar-refractivity contribution in [3.8, 4) is 5.69 Å². The van der Waals surface area contributed by atoms with Crippen LogP contribution in [0.25, 0.3) is 5.69 Å². The van der Waals surface area contributed by atoms with Crippen LogP contribution in [0, 0.1) is 12.3 Å². The maximum atomic E-state index is 12.3. The van der Waals surface area contributed by atoms with E-state index in [1.54, 1.807) is 16.9 Å². The van der Waals surface area contributed by atoms with E-state index in [-0.39, 0.29) is 18.1 Å². The number of hydrogen-bond acceptors (Lipinski definition) is 4. The molecule has 1 aromatic carbocycles. The van der Waals surface area contributed by atoms with Crippen molar-refractivity contribution in [2.45, 2.75) is 19.8 Å². The minimum atomic E-state index is -0.303. The van der Waals surface area contributed by atoms with Crippen molar-refractivity contribution in [2.24, 2.45) is 5.41 Å². The molecule has 0 radical (unpaired) electrons. The molecule has 1 fully saturated rings. The number of aromatic nitrogens is 2. The molecule has 0 aliphatic carbocycles. The molecule has 3 rings (SSSR count). The minimum Gasteiger partial charge on any atom is -0.396 e. The van der Waals surface area contributed by atoms with Gasteiger partial charge in [0.2, 0.25) is 0 Å². The van der Waals surface area contributed by atoms with Crippen LogP contribution in [0.5, 0.6) is 0 Å². The van der Waals surface area contributed by atoms with Crippen LogP contribution < -0.4 is 10.6 Å². The normalized spacial score (nSPS) is 19.5. The number of hydrogen-bond donors (Lipinski definition) is 3. The number of anilines is 1. The second kappa shape index (κ2) is 8.07. The number of aliphatic hydroxyl groups is 1. The number of benzene rings is 1. The molecule has 140 valence electrons. The SMILES string of the molecule is Cc1c(NC(=O)NC[C@]2(CCO)CCOC2)cnn1-c1cccc(Cl)c1. The van der Waals surface area contributed by atoms with E-state index < -0.39 is 0 Å². The third-order valence-electron chi connectivity index (χ3n) is 4.76. The summed E-state index contributed by atoms with van der Waals surface area (Å²) in [5.41, 5.74) is 2.07. The molecule has 0 unspecified atom stereocenters. The zero-order valence-electron chi connectivity index (χ0n) is 14.7. The van der Waals surface area contributed by atoms with Gasteiger partial charge in [0.1, 0.15) is 0 Å². The quantitative estimate of drug-likeness (QED) is 0.721. The Morgan fingerprint density at radius 1 is 1.50 bits per heavy atom. The fourth-order valence-electron chi connectivity index (χ4n) is 3.15. The average molecular weight is 379 g/mol. The van der Waals surface area contributed by atoms with Gasteiger partial charge in [0.25, 0.3) is 0 Å². The molecule has 2 heterocycles. The monoisotopic (exact) mass is 378 g/mol. The number of aliphatic hydroxyl groups excluding tert-OH is 1. The van der Waals surface area contributed by atoms with Crippen LogP contribution >= 0.6 is 11.6 Å². The molecule has 0 saturated carbocycles. The fourth-order valence-corrected chi connectivity index (χ4v) is 3.33. The summed E-state index contributed by atoms with van der Waals surface area (Å²) in [5.74, 6) is 0. The summed E-state index contributed by atoms with van der Waals surface area (Å²) < 4.78 is 7.16. The van der Waals surface area contributed by atoms with Gasteiger partial charge in [-0.05, 0) is 38.0 Å². The van der Waals surface area contributed by atoms with E-state index in [9.17, 15) is 9.90 Å². The van der Waals surface area contributed by atoms with Crippen LogP contribution in [0.1, 0.15) is 18.5 Å². The third kappa shape index (κ3) is 4.17. The highest BCUT2D eigenvalue weighted by Crippen LogP contribution is 2.31. The number of nitrogens with zero attached hydrogens (tertiary/aromatic N) is 2. The predicted octanol–water partition coefficient (Wildman–Crippen LogP) is 2.74. The Labute approximate surface area is 157 Å². The summed E-state index contributed by atoms with van der Waals surface area (Å²) in [5, 5.41) is 19.9. The molecule has 2 amide bonds. The highest BCUT2D eigenvalue weighted by Gasteiger charge is 2.34. The zero-order valence-corrected chi connectivity index (χ0v) is 15.4. The average Bonchev–Trinajstić information content (AvgIpc) is 3.22. The van der Waals surface area contributed by atoms with Gasteiger partial charge in [-0.15, -0.1) is 0 Å². The van der Waals surface area contributed by atoms with E-state index >= 15 is 0 Å². The lowest BCUT2D eigenvalue weighted by Gasteiger charge is -2.26. The van der Waals surface area contributed by atoms with Gasteiger partial charge < -0.3 is 20.5 Å². The van der Waals surface area contributed by atoms with Crippen LogP contribution in [0.3, 0.4) is 0 Å². The Morgan fingerprint density at radius 2 is 2.35 bits per heavy atom. The summed E-state index contributed by atoms with van der Waals surface area (Å²) in [4.78, 5) is 12.3. The first-order valence-corrected chi connectivity index (χ1v) is 8.95. The second-order valence-corrected chi connectivity index (χ2v) is 7.06. The molecule has 1 saturated heterocycles. The molecule has 1 aromatic heterocycles. The van der Waals surface area contributed by atoms with E-state index in [4.69, 9.17) is 16.3 Å². The Kier molecular flexibility index (Phi) is 5.80. The van der Waals surface area contributed by atoms with Gasteiger partial charge in [0.05, 0.1) is 29.9 Å². The van der Waals surface area contributed by atoms with E-state index in [1.807, 2.05) is 25.1 Å². The van der Waals surface area contributed by atoms with Crippen molar-refractivity contribution in [1.29, 1.82) is 0 Å². The standard InChI is InChI=1S/C18H23ClN4O3/c1-13-16(10-21-23(13)15-4-2-3-14(19)9-15)22-17(25)20-11-18(5-7-24)6-8-26-12-18/h2-4,9-10,24H,5-8,11-12H2,1H3,(H2,20,22,25)/t18-/m0/s1. The lowest BCUT2D eigenvalue weighted by atomic mass is 9.84. The first-order chi connectivity index (χ1) is 12.5. The van der Waals surface area contributed by atoms with Gasteiger partial charge in [-0.2, -0.15) is 5.10 Å². The maximum Gasteiger partial charge on any atom is 0.319 e. The van der Waals surface area contributed by atoms with E-state index in [0.717, 1.165) is 17.8 Å². The van der Waals surface area contributed by atoms with Gasteiger partial charge in [-0.25, -0.2) is 9.48 Å². The second-order valence-electron chi connectivity index (χ2n) is 6.62. The minimum absolute atomic E-state index is 0.0815. The van der Waals surface area contributed by atoms with Gasteiger partial charge in [0.15, 0.2) is 0 Å². The van der Waals surface area contributed by atoms with Gasteiger partial charge in [0, 0.05) is 30.2 Å². The number of amides is 2. The molecule has 2 aromatic rings. The smallest absolute Gasteiger partial charge is 0.319 e. The summed E-state index contributed by atoms with van der Waals surface area (Å²) in [6, 6.07) is 7.05. The summed E-state index contributed by atoms with van der Waals surface area (Å²) in [7, 11) is 0. The highest BCUT2D eigenvalue weighted by molar-refractivity contribution is 6.30. The summed E-state index contributed by atoms with van der Waals surface area (Å²) in [6.07, 6.45) is 3.05. The zero-order chi connectivity index (χ0) is 18.6. The number of rotatable bonds is 6. The van der Waals surface area contributed by atoms with Crippen molar-refractivity contribution in [1.82, 2.24) is 15.1 Å². The number of ether oxygens (including phenoxy) is 1. The fraction of sp³-hybridized carbons (Fsp3) is 0.444. The van der Waals surface area contributed by atoms with Crippen LogP contribution in [-0.2, 0) is 4.74 Å². The summed E-state index contributed by atoms with van der Waals surface area (Å²) >= 11 is 6.03. The number of nitrogens with one attached hydrogen (secondary N) is 2. The molecule has 1 aliphatic heterocycles. The first-order valence-electron chi connectivity index (χ1n) is 8.57. The maximum absolute atomic E-state index is 12.3. The number of carbonyl (C=O) groups is 1. The summed E-state index contributed by atoms with van der Waals surface area (Å²) in [6.45, 7) is 3.63. The van der Waals surface area contributed by atoms with Crippen molar-refractivity contribution in [3.05, 3.63) is 41.2 Å². The lowest BCUT2D eigenvalue weighted by molar-refractivity contribution is 0.126. The molecule has 1 aliphatic rings. The van der Waals surface area contributed by atoms with Crippen molar-refractivity contribution >= 4 is 23.3 Å². The van der Waals surface area contributed by atoms with Crippen molar-refractivity contribution in [3.63, 3.8) is 0 Å². The van der Waals surface area contributed by atoms with Gasteiger partial charge in [-0.1, -0.05) is 17.7 Å². The Morgan fingerprint density at radius 3 is 3.04 bits per heavy atom. The Hall–Kier alpha value is -2.09. The lowest BCUT2D eigenvalue weighted by Crippen LogP contribution is -2.40. The van der Waals surface area contributed by atoms with Crippen molar-refractivity contribution in [2.75, 3.05) is 31.7 Å². The molecule has 0 spiro atoms. The molecular weight excluding hydrogens is 356 g/mol. The molecule has 3 N–H and O–H groups in total. The van der Waals surface area contributed by atoms with E-state index in [1.165, 1.54) is 0 Å². The van der Waals surface area contributed by atoms with Crippen molar-refractivity contribution < 1.29 is 14.6 Å². The van der Waals surface area contributed by atoms with E-state index in [0.29, 0.717) is 36.9 Å². The largest absolute Gasteiger partial charge is 0.396 e. The molecule has 0 bridgehead atoms. The number of carbonyl (C=O) groups excluding carboxylic acids is 1. The van der Waals surface area contributed by atoms with Crippen LogP contribution in [-0.4, -0.2) is 47.3 Å². The van der Waals surface area contributed by atoms with Crippen LogP contribution in [0.2, 0.25) is 5.02 Å². The highest BCUT2D eigenvalue weighted by atomic mass is 35.5. The van der Waals surface area contributed by atoms with E-state index in [2.05, 4.69) is 15.7 Å².